The Bertz CT molecular complexity index is 1460. The Labute approximate surface area is 209 Å². The van der Waals surface area contributed by atoms with Crippen LogP contribution in [0.2, 0.25) is 5.02 Å². The second kappa shape index (κ2) is 10.0. The fourth-order valence-corrected chi connectivity index (χ4v) is 3.61. The number of alkyl halides is 4. The number of hydrogen-bond donors (Lipinski definition) is 1. The van der Waals surface area contributed by atoms with Crippen molar-refractivity contribution < 1.29 is 31.4 Å². The molecule has 0 spiro atoms. The van der Waals surface area contributed by atoms with Crippen LogP contribution in [0.5, 0.6) is 0 Å². The summed E-state index contributed by atoms with van der Waals surface area (Å²) in [6.45, 7) is -0.701. The van der Waals surface area contributed by atoms with Gasteiger partial charge in [-0.05, 0) is 43.3 Å². The summed E-state index contributed by atoms with van der Waals surface area (Å²) in [7, 11) is 0. The lowest BCUT2D eigenvalue weighted by molar-refractivity contribution is -0.207. The van der Waals surface area contributed by atoms with Crippen molar-refractivity contribution in [3.8, 4) is 17.1 Å². The summed E-state index contributed by atoms with van der Waals surface area (Å²) in [5.74, 6) is -3.11. The molecule has 0 amide bonds. The van der Waals surface area contributed by atoms with Crippen molar-refractivity contribution in [1.82, 2.24) is 29.1 Å². The fraction of sp³-hybridized carbons (Fsp3) is 0.273. The van der Waals surface area contributed by atoms with E-state index in [0.717, 1.165) is 25.1 Å². The average Bonchev–Trinajstić information content (AvgIpc) is 3.36. The molecule has 0 aliphatic heterocycles. The van der Waals surface area contributed by atoms with E-state index in [9.17, 15) is 36.2 Å². The lowest BCUT2D eigenvalue weighted by Crippen LogP contribution is -2.37. The first-order valence-corrected chi connectivity index (χ1v) is 11.0. The largest absolute Gasteiger partial charge is 0.416 e. The Balaban J connectivity index is 1.79. The van der Waals surface area contributed by atoms with Crippen LogP contribution in [-0.2, 0) is 13.1 Å². The third-order valence-electron chi connectivity index (χ3n) is 5.23. The van der Waals surface area contributed by atoms with E-state index in [2.05, 4.69) is 15.2 Å². The zero-order valence-electron chi connectivity index (χ0n) is 18.8. The molecule has 0 bridgehead atoms. The Hall–Kier alpha value is -3.65. The third kappa shape index (κ3) is 5.39. The van der Waals surface area contributed by atoms with Crippen molar-refractivity contribution in [3.63, 3.8) is 0 Å². The average molecular weight is 547 g/mol. The highest BCUT2D eigenvalue weighted by molar-refractivity contribution is 6.30. The molecule has 1 N–H and O–H groups in total. The van der Waals surface area contributed by atoms with Gasteiger partial charge in [0.15, 0.2) is 41.4 Å². The van der Waals surface area contributed by atoms with Gasteiger partial charge in [-0.2, -0.15) is 13.2 Å². The maximum absolute atomic E-state index is 14.3. The smallest absolute Gasteiger partial charge is 0.382 e. The molecule has 0 radical (unpaired) electrons. The Morgan fingerprint density at radius 1 is 1.05 bits per heavy atom. The summed E-state index contributed by atoms with van der Waals surface area (Å²) in [6.07, 6.45) is -9.73. The minimum Gasteiger partial charge on any atom is -0.382 e. The summed E-state index contributed by atoms with van der Waals surface area (Å²) in [5.41, 5.74) is -1.56. The number of aromatic nitrogens is 6. The molecule has 0 fully saturated rings. The van der Waals surface area contributed by atoms with Crippen molar-refractivity contribution in [2.75, 3.05) is 0 Å². The molecule has 0 saturated carbocycles. The zero-order chi connectivity index (χ0) is 27.1. The highest BCUT2D eigenvalue weighted by Gasteiger charge is 2.39. The van der Waals surface area contributed by atoms with Gasteiger partial charge in [-0.15, -0.1) is 10.2 Å². The van der Waals surface area contributed by atoms with Crippen molar-refractivity contribution in [2.45, 2.75) is 38.5 Å². The molecule has 4 aromatic rings. The summed E-state index contributed by atoms with van der Waals surface area (Å²) < 4.78 is 83.9. The van der Waals surface area contributed by atoms with Crippen molar-refractivity contribution >= 4 is 11.6 Å². The van der Waals surface area contributed by atoms with Gasteiger partial charge in [0.25, 0.3) is 0 Å². The summed E-state index contributed by atoms with van der Waals surface area (Å²) >= 11 is 5.86. The highest BCUT2D eigenvalue weighted by Crippen LogP contribution is 2.25. The van der Waals surface area contributed by atoms with Crippen molar-refractivity contribution in [1.29, 1.82) is 0 Å². The minimum absolute atomic E-state index is 0.208. The topological polar surface area (TPSA) is 90.8 Å². The standard InChI is InChI=1S/C22H17ClF6N6O2/c1-11(24)19-30-17(31-35(19)18-14(25)3-2-4-15(18)26)10-34-21(37)33(9-16(36)22(27,28)29)20(32-34)12-5-7-13(23)8-6-12/h2-8,11,16,36H,9-10H2,1H3/t11?,16-/m0/s1. The second-order valence-corrected chi connectivity index (χ2v) is 8.36. The molecule has 1 unspecified atom stereocenters. The second-order valence-electron chi connectivity index (χ2n) is 7.92. The number of aliphatic hydroxyl groups is 1. The van der Waals surface area contributed by atoms with Crippen LogP contribution in [0.25, 0.3) is 17.1 Å². The van der Waals surface area contributed by atoms with Gasteiger partial charge in [0.05, 0.1) is 6.54 Å². The molecule has 2 aromatic carbocycles. The van der Waals surface area contributed by atoms with Gasteiger partial charge >= 0.3 is 11.9 Å². The van der Waals surface area contributed by atoms with Crippen LogP contribution < -0.4 is 5.69 Å². The number of halogens is 7. The van der Waals surface area contributed by atoms with Gasteiger partial charge in [0.2, 0.25) is 0 Å². The minimum atomic E-state index is -5.02. The summed E-state index contributed by atoms with van der Waals surface area (Å²) in [6, 6.07) is 8.62. The van der Waals surface area contributed by atoms with Crippen LogP contribution in [-0.4, -0.2) is 46.5 Å². The van der Waals surface area contributed by atoms with Gasteiger partial charge in [-0.25, -0.2) is 32.3 Å². The van der Waals surface area contributed by atoms with E-state index in [1.165, 1.54) is 24.3 Å². The molecule has 0 aliphatic carbocycles. The first kappa shape index (κ1) is 26.4. The molecule has 2 atom stereocenters. The van der Waals surface area contributed by atoms with Gasteiger partial charge in [0, 0.05) is 10.6 Å². The molecule has 0 aliphatic rings. The summed E-state index contributed by atoms with van der Waals surface area (Å²) in [4.78, 5) is 16.9. The molecule has 196 valence electrons. The third-order valence-corrected chi connectivity index (χ3v) is 5.48. The number of benzene rings is 2. The van der Waals surface area contributed by atoms with E-state index in [4.69, 9.17) is 11.6 Å². The number of aliphatic hydroxyl groups excluding tert-OH is 1. The van der Waals surface area contributed by atoms with Crippen LogP contribution in [0, 0.1) is 11.6 Å². The molecular weight excluding hydrogens is 530 g/mol. The van der Waals surface area contributed by atoms with E-state index < -0.39 is 60.4 Å². The normalized spacial score (nSPS) is 13.6. The van der Waals surface area contributed by atoms with E-state index in [1.54, 1.807) is 0 Å². The van der Waals surface area contributed by atoms with Gasteiger partial charge < -0.3 is 5.11 Å². The fourth-order valence-electron chi connectivity index (χ4n) is 3.48. The van der Waals surface area contributed by atoms with Gasteiger partial charge in [-0.3, -0.25) is 4.57 Å². The molecule has 2 aromatic heterocycles. The molecule has 37 heavy (non-hydrogen) atoms. The van der Waals surface area contributed by atoms with Crippen molar-refractivity contribution in [2.24, 2.45) is 0 Å². The Morgan fingerprint density at radius 3 is 2.24 bits per heavy atom. The monoisotopic (exact) mass is 546 g/mol. The maximum atomic E-state index is 14.3. The van der Waals surface area contributed by atoms with Gasteiger partial charge in [-0.1, -0.05) is 17.7 Å². The number of para-hydroxylation sites is 1. The summed E-state index contributed by atoms with van der Waals surface area (Å²) in [5, 5.41) is 17.8. The molecule has 0 saturated heterocycles. The molecular formula is C22H17ClF6N6O2. The Morgan fingerprint density at radius 2 is 1.68 bits per heavy atom. The van der Waals surface area contributed by atoms with Crippen LogP contribution in [0.15, 0.2) is 47.3 Å². The predicted octanol–water partition coefficient (Wildman–Crippen LogP) is 4.23. The van der Waals surface area contributed by atoms with Crippen LogP contribution >= 0.6 is 11.6 Å². The zero-order valence-corrected chi connectivity index (χ0v) is 19.6. The lowest BCUT2D eigenvalue weighted by Gasteiger charge is -2.15. The van der Waals surface area contributed by atoms with E-state index in [1.807, 2.05) is 0 Å². The first-order chi connectivity index (χ1) is 17.4. The number of nitrogens with zero attached hydrogens (tertiary/aromatic N) is 6. The molecule has 4 rings (SSSR count). The number of rotatable bonds is 7. The SMILES string of the molecule is CC(F)c1nc(Cn2nc(-c3ccc(Cl)cc3)n(C[C@H](O)C(F)(F)F)c2=O)nn1-c1c(F)cccc1F. The van der Waals surface area contributed by atoms with Crippen LogP contribution in [0.1, 0.15) is 24.7 Å². The molecule has 8 nitrogen and oxygen atoms in total. The maximum Gasteiger partial charge on any atom is 0.416 e. The van der Waals surface area contributed by atoms with E-state index in [-0.39, 0.29) is 17.2 Å². The predicted molar refractivity (Wildman–Crippen MR) is 119 cm³/mol. The van der Waals surface area contributed by atoms with Crippen LogP contribution in [0.3, 0.4) is 0 Å². The van der Waals surface area contributed by atoms with E-state index >= 15 is 0 Å². The quantitative estimate of drug-likeness (QED) is 0.351. The highest BCUT2D eigenvalue weighted by atomic mass is 35.5. The Kier molecular flexibility index (Phi) is 7.15. The number of hydrogen-bond acceptors (Lipinski definition) is 5. The van der Waals surface area contributed by atoms with Gasteiger partial charge in [0.1, 0.15) is 12.2 Å². The first-order valence-electron chi connectivity index (χ1n) is 10.6. The molecule has 2 heterocycles. The molecule has 15 heteroatoms. The van der Waals surface area contributed by atoms with Crippen LogP contribution in [0.4, 0.5) is 26.3 Å². The van der Waals surface area contributed by atoms with E-state index in [0.29, 0.717) is 19.0 Å². The van der Waals surface area contributed by atoms with Crippen molar-refractivity contribution in [3.05, 3.63) is 81.3 Å². The lowest BCUT2D eigenvalue weighted by atomic mass is 10.2.